The largest absolute Gasteiger partial charge is 0.481 e. The van der Waals surface area contributed by atoms with Crippen LogP contribution in [0.1, 0.15) is 50.7 Å². The molecule has 0 radical (unpaired) electrons. The first-order valence-electron chi connectivity index (χ1n) is 7.41. The molecule has 1 aliphatic rings. The third-order valence-corrected chi connectivity index (χ3v) is 5.62. The van der Waals surface area contributed by atoms with Crippen LogP contribution in [0.3, 0.4) is 0 Å². The molecular formula is C16H25NO2S. The molecule has 20 heavy (non-hydrogen) atoms. The quantitative estimate of drug-likeness (QED) is 0.911. The van der Waals surface area contributed by atoms with Crippen LogP contribution >= 0.6 is 11.3 Å². The lowest BCUT2D eigenvalue weighted by atomic mass is 9.65. The summed E-state index contributed by atoms with van der Waals surface area (Å²) in [5, 5.41) is 12.6. The molecule has 1 fully saturated rings. The number of aryl methyl sites for hydroxylation is 1. The Bertz CT molecular complexity index is 475. The van der Waals surface area contributed by atoms with Crippen LogP contribution < -0.4 is 0 Å². The second-order valence-electron chi connectivity index (χ2n) is 7.17. The maximum absolute atomic E-state index is 11.5. The lowest BCUT2D eigenvalue weighted by Gasteiger charge is -2.40. The Morgan fingerprint density at radius 3 is 2.65 bits per heavy atom. The molecule has 1 aromatic heterocycles. The summed E-state index contributed by atoms with van der Waals surface area (Å²) in [7, 11) is 0. The van der Waals surface area contributed by atoms with Crippen molar-refractivity contribution in [2.75, 3.05) is 0 Å². The van der Waals surface area contributed by atoms with Crippen LogP contribution in [0.5, 0.6) is 0 Å². The van der Waals surface area contributed by atoms with E-state index in [4.69, 9.17) is 0 Å². The third-order valence-electron chi connectivity index (χ3n) is 4.63. The first kappa shape index (κ1) is 15.5. The molecule has 4 heteroatoms. The molecule has 0 bridgehead atoms. The summed E-state index contributed by atoms with van der Waals surface area (Å²) in [5.41, 5.74) is 1.31. The van der Waals surface area contributed by atoms with Gasteiger partial charge in [0.25, 0.3) is 0 Å². The van der Waals surface area contributed by atoms with E-state index in [1.54, 1.807) is 11.3 Å². The Labute approximate surface area is 125 Å². The second kappa shape index (κ2) is 5.84. The van der Waals surface area contributed by atoms with E-state index in [0.717, 1.165) is 36.4 Å². The zero-order valence-electron chi connectivity index (χ0n) is 12.8. The molecule has 1 aliphatic carbocycles. The van der Waals surface area contributed by atoms with Gasteiger partial charge in [-0.2, -0.15) is 0 Å². The van der Waals surface area contributed by atoms with E-state index in [2.05, 4.69) is 31.1 Å². The van der Waals surface area contributed by atoms with E-state index in [-0.39, 0.29) is 17.3 Å². The van der Waals surface area contributed by atoms with Crippen molar-refractivity contribution >= 4 is 17.3 Å². The Kier molecular flexibility index (Phi) is 4.52. The monoisotopic (exact) mass is 295 g/mol. The number of hydrogen-bond acceptors (Lipinski definition) is 3. The number of carboxylic acids is 1. The summed E-state index contributed by atoms with van der Waals surface area (Å²) in [5.74, 6) is 0.0219. The average molecular weight is 295 g/mol. The molecule has 112 valence electrons. The van der Waals surface area contributed by atoms with Crippen LogP contribution in [-0.2, 0) is 11.2 Å². The molecule has 0 aliphatic heterocycles. The molecule has 3 unspecified atom stereocenters. The molecule has 0 amide bonds. The maximum Gasteiger partial charge on any atom is 0.306 e. The fourth-order valence-electron chi connectivity index (χ4n) is 3.32. The van der Waals surface area contributed by atoms with Gasteiger partial charge in [-0.25, -0.2) is 4.98 Å². The molecular weight excluding hydrogens is 270 g/mol. The van der Waals surface area contributed by atoms with E-state index in [9.17, 15) is 9.90 Å². The van der Waals surface area contributed by atoms with E-state index in [0.29, 0.717) is 5.92 Å². The molecule has 3 atom stereocenters. The van der Waals surface area contributed by atoms with Gasteiger partial charge in [0, 0.05) is 17.5 Å². The highest BCUT2D eigenvalue weighted by Crippen LogP contribution is 2.44. The van der Waals surface area contributed by atoms with Gasteiger partial charge < -0.3 is 5.11 Å². The highest BCUT2D eigenvalue weighted by Gasteiger charge is 2.39. The topological polar surface area (TPSA) is 50.2 Å². The van der Waals surface area contributed by atoms with Crippen molar-refractivity contribution < 1.29 is 9.90 Å². The molecule has 0 spiro atoms. The first-order valence-corrected chi connectivity index (χ1v) is 8.29. The van der Waals surface area contributed by atoms with Gasteiger partial charge in [-0.1, -0.05) is 20.8 Å². The van der Waals surface area contributed by atoms with E-state index in [1.807, 2.05) is 6.92 Å². The Hall–Kier alpha value is -0.900. The molecule has 1 heterocycles. The van der Waals surface area contributed by atoms with E-state index in [1.165, 1.54) is 0 Å². The average Bonchev–Trinajstić information content (AvgIpc) is 2.73. The predicted octanol–water partition coefficient (Wildman–Crippen LogP) is 4.16. The highest BCUT2D eigenvalue weighted by molar-refractivity contribution is 7.09. The van der Waals surface area contributed by atoms with Crippen molar-refractivity contribution in [2.24, 2.45) is 23.2 Å². The number of thiazole rings is 1. The first-order chi connectivity index (χ1) is 9.27. The van der Waals surface area contributed by atoms with E-state index >= 15 is 0 Å². The number of hydrogen-bond donors (Lipinski definition) is 1. The minimum atomic E-state index is -0.629. The van der Waals surface area contributed by atoms with Crippen LogP contribution in [-0.4, -0.2) is 16.1 Å². The van der Waals surface area contributed by atoms with Gasteiger partial charge in [0.05, 0.1) is 10.9 Å². The van der Waals surface area contributed by atoms with Crippen molar-refractivity contribution in [3.63, 3.8) is 0 Å². The Morgan fingerprint density at radius 1 is 1.45 bits per heavy atom. The minimum absolute atomic E-state index is 0.196. The number of rotatable bonds is 3. The van der Waals surface area contributed by atoms with Crippen LogP contribution in [0.25, 0.3) is 0 Å². The Morgan fingerprint density at radius 2 is 2.15 bits per heavy atom. The number of carbonyl (C=O) groups is 1. The van der Waals surface area contributed by atoms with Gasteiger partial charge in [-0.05, 0) is 43.4 Å². The Balaban J connectivity index is 2.12. The van der Waals surface area contributed by atoms with Gasteiger partial charge in [-0.3, -0.25) is 4.79 Å². The molecule has 0 saturated heterocycles. The minimum Gasteiger partial charge on any atom is -0.481 e. The van der Waals surface area contributed by atoms with Crippen molar-refractivity contribution in [2.45, 2.75) is 53.4 Å². The summed E-state index contributed by atoms with van der Waals surface area (Å²) in [6.07, 6.45) is 3.68. The number of carboxylic acid groups (broad SMARTS) is 1. The fourth-order valence-corrected chi connectivity index (χ4v) is 4.19. The number of aromatic nitrogens is 1. The van der Waals surface area contributed by atoms with Crippen molar-refractivity contribution in [1.82, 2.24) is 4.98 Å². The second-order valence-corrected chi connectivity index (χ2v) is 8.11. The summed E-state index contributed by atoms with van der Waals surface area (Å²) < 4.78 is 0. The van der Waals surface area contributed by atoms with Gasteiger partial charge >= 0.3 is 5.97 Å². The zero-order valence-corrected chi connectivity index (χ0v) is 13.7. The number of aliphatic carboxylic acids is 1. The smallest absolute Gasteiger partial charge is 0.306 e. The summed E-state index contributed by atoms with van der Waals surface area (Å²) in [6, 6.07) is 0. The predicted molar refractivity (Wildman–Crippen MR) is 82.0 cm³/mol. The van der Waals surface area contributed by atoms with Crippen molar-refractivity contribution in [3.8, 4) is 0 Å². The van der Waals surface area contributed by atoms with Crippen LogP contribution in [0.2, 0.25) is 0 Å². The summed E-state index contributed by atoms with van der Waals surface area (Å²) in [6.45, 7) is 8.80. The molecule has 2 rings (SSSR count). The SMILES string of the molecule is Cc1csc(CC2CC(C(C)(C)C)CCC2C(=O)O)n1. The summed E-state index contributed by atoms with van der Waals surface area (Å²) in [4.78, 5) is 16.0. The fraction of sp³-hybridized carbons (Fsp3) is 0.750. The van der Waals surface area contributed by atoms with Gasteiger partial charge in [0.2, 0.25) is 0 Å². The molecule has 1 saturated carbocycles. The van der Waals surface area contributed by atoms with Gasteiger partial charge in [0.1, 0.15) is 0 Å². The molecule has 0 aromatic carbocycles. The lowest BCUT2D eigenvalue weighted by molar-refractivity contribution is -0.146. The zero-order chi connectivity index (χ0) is 14.9. The van der Waals surface area contributed by atoms with Crippen molar-refractivity contribution in [1.29, 1.82) is 0 Å². The lowest BCUT2D eigenvalue weighted by Crippen LogP contribution is -2.36. The highest BCUT2D eigenvalue weighted by atomic mass is 32.1. The standard InChI is InChI=1S/C16H25NO2S/c1-10-9-20-14(17-10)8-11-7-12(16(2,3)4)5-6-13(11)15(18)19/h9,11-13H,5-8H2,1-4H3,(H,18,19). The molecule has 1 N–H and O–H groups in total. The van der Waals surface area contributed by atoms with Crippen LogP contribution in [0.15, 0.2) is 5.38 Å². The molecule has 3 nitrogen and oxygen atoms in total. The van der Waals surface area contributed by atoms with E-state index < -0.39 is 5.97 Å². The van der Waals surface area contributed by atoms with Gasteiger partial charge in [-0.15, -0.1) is 11.3 Å². The normalized spacial score (nSPS) is 27.5. The maximum atomic E-state index is 11.5. The number of nitrogens with zero attached hydrogens (tertiary/aromatic N) is 1. The van der Waals surface area contributed by atoms with Crippen molar-refractivity contribution in [3.05, 3.63) is 16.1 Å². The summed E-state index contributed by atoms with van der Waals surface area (Å²) >= 11 is 1.66. The van der Waals surface area contributed by atoms with Crippen LogP contribution in [0.4, 0.5) is 0 Å². The van der Waals surface area contributed by atoms with Crippen LogP contribution in [0, 0.1) is 30.1 Å². The van der Waals surface area contributed by atoms with Gasteiger partial charge in [0.15, 0.2) is 0 Å². The molecule has 1 aromatic rings. The third kappa shape index (κ3) is 3.60.